The normalized spacial score (nSPS) is 17.5. The molecule has 1 aromatic heterocycles. The third-order valence-corrected chi connectivity index (χ3v) is 3.37. The molecule has 0 saturated carbocycles. The number of aromatic nitrogens is 2. The van der Waals surface area contributed by atoms with Crippen LogP contribution >= 0.6 is 12.4 Å². The summed E-state index contributed by atoms with van der Waals surface area (Å²) in [5, 5.41) is 13.0. The summed E-state index contributed by atoms with van der Waals surface area (Å²) in [5.74, 6) is 0.169. The first kappa shape index (κ1) is 14.6. The van der Waals surface area contributed by atoms with Gasteiger partial charge in [-0.1, -0.05) is 12.1 Å². The van der Waals surface area contributed by atoms with Gasteiger partial charge in [0.15, 0.2) is 0 Å². The standard InChI is InChI=1S/C14H16N4O.ClH/c19-14(11-4-6-15-9-11)17-12-3-1-2-10(8-12)13-5-7-16-18-13;/h1-3,5,7-8,11,15H,4,6,9H2,(H,16,18)(H,17,19);1H. The molecule has 1 saturated heterocycles. The van der Waals surface area contributed by atoms with Gasteiger partial charge in [-0.25, -0.2) is 0 Å². The average molecular weight is 293 g/mol. The monoisotopic (exact) mass is 292 g/mol. The molecule has 20 heavy (non-hydrogen) atoms. The molecule has 1 fully saturated rings. The third-order valence-electron chi connectivity index (χ3n) is 3.37. The smallest absolute Gasteiger partial charge is 0.228 e. The van der Waals surface area contributed by atoms with E-state index in [4.69, 9.17) is 0 Å². The number of nitrogens with one attached hydrogen (secondary N) is 3. The molecule has 1 amide bonds. The quantitative estimate of drug-likeness (QED) is 0.811. The molecule has 1 atom stereocenters. The van der Waals surface area contributed by atoms with Crippen molar-refractivity contribution in [3.8, 4) is 11.3 Å². The molecule has 1 aromatic carbocycles. The molecular weight excluding hydrogens is 276 g/mol. The molecule has 6 heteroatoms. The number of rotatable bonds is 3. The summed E-state index contributed by atoms with van der Waals surface area (Å²) in [6.45, 7) is 1.69. The lowest BCUT2D eigenvalue weighted by Gasteiger charge is -2.10. The first-order valence-electron chi connectivity index (χ1n) is 6.44. The van der Waals surface area contributed by atoms with Crippen molar-refractivity contribution in [3.05, 3.63) is 36.5 Å². The first-order chi connectivity index (χ1) is 9.33. The number of benzene rings is 1. The summed E-state index contributed by atoms with van der Waals surface area (Å²) < 4.78 is 0. The molecule has 1 unspecified atom stereocenters. The summed E-state index contributed by atoms with van der Waals surface area (Å²) in [7, 11) is 0. The van der Waals surface area contributed by atoms with Crippen molar-refractivity contribution in [1.82, 2.24) is 15.5 Å². The molecule has 0 aliphatic carbocycles. The molecule has 5 nitrogen and oxygen atoms in total. The highest BCUT2D eigenvalue weighted by Gasteiger charge is 2.22. The van der Waals surface area contributed by atoms with E-state index in [2.05, 4.69) is 20.8 Å². The highest BCUT2D eigenvalue weighted by molar-refractivity contribution is 5.93. The maximum Gasteiger partial charge on any atom is 0.228 e. The lowest BCUT2D eigenvalue weighted by Crippen LogP contribution is -2.24. The Morgan fingerprint density at radius 1 is 1.35 bits per heavy atom. The van der Waals surface area contributed by atoms with E-state index in [9.17, 15) is 4.79 Å². The maximum absolute atomic E-state index is 12.0. The van der Waals surface area contributed by atoms with Gasteiger partial charge in [-0.3, -0.25) is 9.89 Å². The Balaban J connectivity index is 0.00000147. The molecule has 2 heterocycles. The van der Waals surface area contributed by atoms with Gasteiger partial charge in [-0.05, 0) is 31.2 Å². The van der Waals surface area contributed by atoms with Crippen molar-refractivity contribution in [2.24, 2.45) is 5.92 Å². The van der Waals surface area contributed by atoms with Gasteiger partial charge in [-0.15, -0.1) is 12.4 Å². The SMILES string of the molecule is Cl.O=C(Nc1cccc(-c2ccn[nH]2)c1)C1CCNC1. The van der Waals surface area contributed by atoms with Crippen LogP contribution in [0, 0.1) is 5.92 Å². The Kier molecular flexibility index (Phi) is 4.76. The fourth-order valence-electron chi connectivity index (χ4n) is 2.30. The van der Waals surface area contributed by atoms with E-state index >= 15 is 0 Å². The van der Waals surface area contributed by atoms with Crippen LogP contribution in [0.4, 0.5) is 5.69 Å². The molecule has 0 radical (unpaired) electrons. The van der Waals surface area contributed by atoms with Crippen LogP contribution in [-0.2, 0) is 4.79 Å². The Morgan fingerprint density at radius 3 is 2.95 bits per heavy atom. The molecular formula is C14H17ClN4O. The maximum atomic E-state index is 12.0. The fraction of sp³-hybridized carbons (Fsp3) is 0.286. The third kappa shape index (κ3) is 3.18. The molecule has 106 valence electrons. The molecule has 2 aromatic rings. The number of anilines is 1. The van der Waals surface area contributed by atoms with Crippen LogP contribution in [0.15, 0.2) is 36.5 Å². The van der Waals surface area contributed by atoms with Gasteiger partial charge in [0.1, 0.15) is 0 Å². The van der Waals surface area contributed by atoms with Crippen LogP contribution in [0.2, 0.25) is 0 Å². The molecule has 1 aliphatic heterocycles. The number of aromatic amines is 1. The largest absolute Gasteiger partial charge is 0.326 e. The topological polar surface area (TPSA) is 69.8 Å². The lowest BCUT2D eigenvalue weighted by atomic mass is 10.1. The number of carbonyl (C=O) groups excluding carboxylic acids is 1. The lowest BCUT2D eigenvalue weighted by molar-refractivity contribution is -0.119. The van der Waals surface area contributed by atoms with Gasteiger partial charge in [-0.2, -0.15) is 5.10 Å². The summed E-state index contributed by atoms with van der Waals surface area (Å²) in [4.78, 5) is 12.0. The van der Waals surface area contributed by atoms with Crippen LogP contribution in [-0.4, -0.2) is 29.2 Å². The molecule has 3 rings (SSSR count). The number of halogens is 1. The van der Waals surface area contributed by atoms with Gasteiger partial charge in [0.05, 0.1) is 11.6 Å². The summed E-state index contributed by atoms with van der Waals surface area (Å²) in [6, 6.07) is 9.68. The number of hydrogen-bond acceptors (Lipinski definition) is 3. The summed E-state index contributed by atoms with van der Waals surface area (Å²) in [5.41, 5.74) is 2.78. The van der Waals surface area contributed by atoms with Gasteiger partial charge >= 0.3 is 0 Å². The molecule has 3 N–H and O–H groups in total. The second-order valence-electron chi connectivity index (χ2n) is 4.73. The van der Waals surface area contributed by atoms with Crippen LogP contribution in [0.3, 0.4) is 0 Å². The second kappa shape index (κ2) is 6.54. The molecule has 1 aliphatic rings. The minimum Gasteiger partial charge on any atom is -0.326 e. The van der Waals surface area contributed by atoms with Crippen molar-refractivity contribution < 1.29 is 4.79 Å². The zero-order valence-corrected chi connectivity index (χ0v) is 11.7. The Bertz CT molecular complexity index is 564. The van der Waals surface area contributed by atoms with Crippen molar-refractivity contribution in [3.63, 3.8) is 0 Å². The minimum atomic E-state index is 0. The van der Waals surface area contributed by atoms with E-state index in [1.165, 1.54) is 0 Å². The first-order valence-corrected chi connectivity index (χ1v) is 6.44. The fourth-order valence-corrected chi connectivity index (χ4v) is 2.30. The summed E-state index contributed by atoms with van der Waals surface area (Å²) in [6.07, 6.45) is 2.62. The van der Waals surface area contributed by atoms with E-state index in [1.807, 2.05) is 30.3 Å². The Hall–Kier alpha value is -1.85. The van der Waals surface area contributed by atoms with Crippen molar-refractivity contribution >= 4 is 24.0 Å². The van der Waals surface area contributed by atoms with E-state index in [1.54, 1.807) is 6.20 Å². The van der Waals surface area contributed by atoms with Crippen molar-refractivity contribution in [2.45, 2.75) is 6.42 Å². The predicted molar refractivity (Wildman–Crippen MR) is 80.9 cm³/mol. The zero-order chi connectivity index (χ0) is 13.1. The second-order valence-corrected chi connectivity index (χ2v) is 4.73. The summed E-state index contributed by atoms with van der Waals surface area (Å²) >= 11 is 0. The minimum absolute atomic E-state index is 0. The number of nitrogens with zero attached hydrogens (tertiary/aromatic N) is 1. The number of carbonyl (C=O) groups is 1. The highest BCUT2D eigenvalue weighted by Crippen LogP contribution is 2.21. The number of H-pyrrole nitrogens is 1. The zero-order valence-electron chi connectivity index (χ0n) is 10.9. The molecule has 0 spiro atoms. The van der Waals surface area contributed by atoms with E-state index in [-0.39, 0.29) is 24.2 Å². The number of hydrogen-bond donors (Lipinski definition) is 3. The van der Waals surface area contributed by atoms with E-state index < -0.39 is 0 Å². The van der Waals surface area contributed by atoms with Gasteiger partial charge < -0.3 is 10.6 Å². The van der Waals surface area contributed by atoms with Crippen LogP contribution in [0.1, 0.15) is 6.42 Å². The average Bonchev–Trinajstić information content (AvgIpc) is 3.13. The predicted octanol–water partition coefficient (Wildman–Crippen LogP) is 2.05. The van der Waals surface area contributed by atoms with Crippen LogP contribution in [0.25, 0.3) is 11.3 Å². The van der Waals surface area contributed by atoms with E-state index in [0.29, 0.717) is 0 Å². The van der Waals surface area contributed by atoms with Gasteiger partial charge in [0.25, 0.3) is 0 Å². The van der Waals surface area contributed by atoms with Crippen molar-refractivity contribution in [1.29, 1.82) is 0 Å². The Labute approximate surface area is 123 Å². The van der Waals surface area contributed by atoms with Gasteiger partial charge in [0.2, 0.25) is 5.91 Å². The number of amides is 1. The van der Waals surface area contributed by atoms with Gasteiger partial charge in [0, 0.05) is 24.0 Å². The van der Waals surface area contributed by atoms with Crippen LogP contribution < -0.4 is 10.6 Å². The van der Waals surface area contributed by atoms with Crippen LogP contribution in [0.5, 0.6) is 0 Å². The molecule has 0 bridgehead atoms. The van der Waals surface area contributed by atoms with Crippen molar-refractivity contribution in [2.75, 3.05) is 18.4 Å². The highest BCUT2D eigenvalue weighted by atomic mass is 35.5. The van der Waals surface area contributed by atoms with E-state index in [0.717, 1.165) is 36.5 Å². The Morgan fingerprint density at radius 2 is 2.25 bits per heavy atom.